The first-order valence-corrected chi connectivity index (χ1v) is 6.91. The zero-order chi connectivity index (χ0) is 15.6. The van der Waals surface area contributed by atoms with Crippen LogP contribution in [0.15, 0.2) is 24.3 Å². The van der Waals surface area contributed by atoms with Crippen LogP contribution in [0, 0.1) is 5.41 Å². The van der Waals surface area contributed by atoms with E-state index in [1.54, 1.807) is 24.3 Å². The van der Waals surface area contributed by atoms with Gasteiger partial charge in [-0.15, -0.1) is 0 Å². The molecule has 1 aliphatic rings. The molecule has 2 rings (SSSR count). The summed E-state index contributed by atoms with van der Waals surface area (Å²) in [4.78, 5) is 34.1. The zero-order valence-corrected chi connectivity index (χ0v) is 17.8. The van der Waals surface area contributed by atoms with Gasteiger partial charge >= 0.3 is 59.1 Å². The number of carboxylic acids is 2. The van der Waals surface area contributed by atoms with Crippen molar-refractivity contribution >= 4 is 17.7 Å². The van der Waals surface area contributed by atoms with Crippen LogP contribution >= 0.6 is 0 Å². The van der Waals surface area contributed by atoms with Gasteiger partial charge in [-0.3, -0.25) is 4.79 Å². The zero-order valence-electron chi connectivity index (χ0n) is 13.8. The van der Waals surface area contributed by atoms with Crippen LogP contribution < -0.4 is 69.3 Å². The van der Waals surface area contributed by atoms with Crippen molar-refractivity contribution < 1.29 is 83.7 Å². The Hall–Kier alpha value is -0.170. The Labute approximate surface area is 179 Å². The number of carbonyl (C=O) groups is 3. The monoisotopic (exact) mass is 334 g/mol. The SMILES string of the molecule is CC(C(=O)[O-])c1ccc(CC2(C(=O)[O-])CCCC2=O)cc1.[Na+].[Na+]. The average molecular weight is 334 g/mol. The molecule has 23 heavy (non-hydrogen) atoms. The van der Waals surface area contributed by atoms with Gasteiger partial charge < -0.3 is 19.8 Å². The molecule has 7 heteroatoms. The van der Waals surface area contributed by atoms with Crippen molar-refractivity contribution in [1.29, 1.82) is 0 Å². The molecule has 0 aliphatic heterocycles. The molecule has 1 fully saturated rings. The molecule has 0 amide bonds. The number of ketones is 1. The Morgan fingerprint density at radius 3 is 2.13 bits per heavy atom. The molecule has 112 valence electrons. The van der Waals surface area contributed by atoms with Crippen molar-refractivity contribution in [1.82, 2.24) is 0 Å². The largest absolute Gasteiger partial charge is 1.00 e. The van der Waals surface area contributed by atoms with E-state index in [9.17, 15) is 24.6 Å². The van der Waals surface area contributed by atoms with Crippen LogP contribution in [-0.2, 0) is 20.8 Å². The number of aliphatic carboxylic acids is 2. The Bertz CT molecular complexity index is 585. The third-order valence-corrected chi connectivity index (χ3v) is 4.27. The topological polar surface area (TPSA) is 97.3 Å². The van der Waals surface area contributed by atoms with Gasteiger partial charge in [-0.05, 0) is 30.4 Å². The van der Waals surface area contributed by atoms with Gasteiger partial charge in [0.15, 0.2) is 0 Å². The summed E-state index contributed by atoms with van der Waals surface area (Å²) in [7, 11) is 0. The molecule has 2 unspecified atom stereocenters. The van der Waals surface area contributed by atoms with Gasteiger partial charge in [-0.1, -0.05) is 31.2 Å². The van der Waals surface area contributed by atoms with Gasteiger partial charge in [0, 0.05) is 18.3 Å². The first-order valence-electron chi connectivity index (χ1n) is 6.91. The minimum absolute atomic E-state index is 0. The normalized spacial score (nSPS) is 21.0. The second-order valence-electron chi connectivity index (χ2n) is 5.61. The van der Waals surface area contributed by atoms with E-state index in [1.165, 1.54) is 6.92 Å². The first kappa shape index (κ1) is 22.8. The van der Waals surface area contributed by atoms with Gasteiger partial charge in [-0.2, -0.15) is 0 Å². The van der Waals surface area contributed by atoms with E-state index < -0.39 is 23.3 Å². The summed E-state index contributed by atoms with van der Waals surface area (Å²) >= 11 is 0. The predicted molar refractivity (Wildman–Crippen MR) is 69.9 cm³/mol. The quantitative estimate of drug-likeness (QED) is 0.394. The fraction of sp³-hybridized carbons (Fsp3) is 0.438. The van der Waals surface area contributed by atoms with E-state index in [0.717, 1.165) is 0 Å². The van der Waals surface area contributed by atoms with Crippen LogP contribution in [-0.4, -0.2) is 17.7 Å². The summed E-state index contributed by atoms with van der Waals surface area (Å²) in [6, 6.07) is 6.56. The Morgan fingerprint density at radius 2 is 1.74 bits per heavy atom. The summed E-state index contributed by atoms with van der Waals surface area (Å²) < 4.78 is 0. The fourth-order valence-corrected chi connectivity index (χ4v) is 2.81. The predicted octanol–water partition coefficient (Wildman–Crippen LogP) is -6.42. The summed E-state index contributed by atoms with van der Waals surface area (Å²) in [5, 5.41) is 22.2. The molecule has 1 aromatic rings. The van der Waals surface area contributed by atoms with Gasteiger partial charge in [0.25, 0.3) is 0 Å². The molecule has 1 aromatic carbocycles. The molecule has 0 aromatic heterocycles. The molecule has 0 heterocycles. The minimum Gasteiger partial charge on any atom is -0.550 e. The van der Waals surface area contributed by atoms with Crippen molar-refractivity contribution in [2.45, 2.75) is 38.5 Å². The third kappa shape index (κ3) is 4.91. The molecule has 2 atom stereocenters. The minimum atomic E-state index is -1.43. The fourth-order valence-electron chi connectivity index (χ4n) is 2.81. The molecule has 1 aliphatic carbocycles. The molecule has 0 radical (unpaired) electrons. The van der Waals surface area contributed by atoms with Crippen LogP contribution in [0.5, 0.6) is 0 Å². The second kappa shape index (κ2) is 9.35. The van der Waals surface area contributed by atoms with Gasteiger partial charge in [0.2, 0.25) is 0 Å². The number of hydrogen-bond acceptors (Lipinski definition) is 5. The van der Waals surface area contributed by atoms with Crippen LogP contribution in [0.2, 0.25) is 0 Å². The Morgan fingerprint density at radius 1 is 1.17 bits per heavy atom. The van der Waals surface area contributed by atoms with Crippen molar-refractivity contribution in [3.63, 3.8) is 0 Å². The molecular formula is C16H16Na2O5. The van der Waals surface area contributed by atoms with Crippen molar-refractivity contribution in [2.24, 2.45) is 5.41 Å². The molecule has 0 bridgehead atoms. The summed E-state index contributed by atoms with van der Waals surface area (Å²) in [6.07, 6.45) is 1.22. The molecule has 5 nitrogen and oxygen atoms in total. The smallest absolute Gasteiger partial charge is 0.550 e. The van der Waals surface area contributed by atoms with Crippen LogP contribution in [0.4, 0.5) is 0 Å². The maximum Gasteiger partial charge on any atom is 1.00 e. The van der Waals surface area contributed by atoms with Crippen molar-refractivity contribution in [2.75, 3.05) is 0 Å². The van der Waals surface area contributed by atoms with Crippen molar-refractivity contribution in [3.05, 3.63) is 35.4 Å². The number of Topliss-reactive ketones (excluding diaryl/α,β-unsaturated/α-hetero) is 1. The standard InChI is InChI=1S/C16H18O5.2Na/c1-10(14(18)19)12-6-4-11(5-7-12)9-16(15(20)21)8-2-3-13(16)17;;/h4-7,10H,2-3,8-9H2,1H3,(H,18,19)(H,20,21);;/q;2*+1/p-2. The number of carboxylic acid groups (broad SMARTS) is 2. The summed E-state index contributed by atoms with van der Waals surface area (Å²) in [5.74, 6) is -3.51. The maximum absolute atomic E-state index is 11.9. The number of rotatable bonds is 5. The third-order valence-electron chi connectivity index (χ3n) is 4.27. The average Bonchev–Trinajstić information content (AvgIpc) is 2.81. The second-order valence-corrected chi connectivity index (χ2v) is 5.61. The van der Waals surface area contributed by atoms with E-state index in [1.807, 2.05) is 0 Å². The van der Waals surface area contributed by atoms with E-state index in [0.29, 0.717) is 24.0 Å². The van der Waals surface area contributed by atoms with E-state index in [-0.39, 0.29) is 77.7 Å². The maximum atomic E-state index is 11.9. The molecular weight excluding hydrogens is 318 g/mol. The number of hydrogen-bond donors (Lipinski definition) is 0. The summed E-state index contributed by atoms with van der Waals surface area (Å²) in [6.45, 7) is 1.52. The summed E-state index contributed by atoms with van der Waals surface area (Å²) in [5.41, 5.74) is -0.163. The molecule has 1 saturated carbocycles. The number of carbonyl (C=O) groups excluding carboxylic acids is 3. The number of benzene rings is 1. The Kier molecular flexibility index (Phi) is 9.28. The van der Waals surface area contributed by atoms with E-state index >= 15 is 0 Å². The van der Waals surface area contributed by atoms with E-state index in [2.05, 4.69) is 0 Å². The molecule has 0 N–H and O–H groups in total. The molecule has 0 saturated heterocycles. The van der Waals surface area contributed by atoms with Crippen molar-refractivity contribution in [3.8, 4) is 0 Å². The van der Waals surface area contributed by atoms with E-state index in [4.69, 9.17) is 0 Å². The van der Waals surface area contributed by atoms with Crippen LogP contribution in [0.3, 0.4) is 0 Å². The first-order chi connectivity index (χ1) is 9.86. The van der Waals surface area contributed by atoms with Crippen LogP contribution in [0.1, 0.15) is 43.2 Å². The van der Waals surface area contributed by atoms with Crippen LogP contribution in [0.25, 0.3) is 0 Å². The Balaban J connectivity index is 0.00000242. The van der Waals surface area contributed by atoms with Gasteiger partial charge in [0.1, 0.15) is 5.78 Å². The van der Waals surface area contributed by atoms with Gasteiger partial charge in [-0.25, -0.2) is 0 Å². The molecule has 0 spiro atoms. The van der Waals surface area contributed by atoms with Gasteiger partial charge in [0.05, 0.1) is 11.4 Å².